The fraction of sp³-hybridized carbons (Fsp3) is 0.0909. The van der Waals surface area contributed by atoms with Crippen LogP contribution >= 0.6 is 22.7 Å². The highest BCUT2D eigenvalue weighted by atomic mass is 32.1. The van der Waals surface area contributed by atoms with E-state index in [1.807, 2.05) is 13.0 Å². The third-order valence-electron chi connectivity index (χ3n) is 2.00. The van der Waals surface area contributed by atoms with Gasteiger partial charge in [0, 0.05) is 4.88 Å². The van der Waals surface area contributed by atoms with Gasteiger partial charge in [0.1, 0.15) is 0 Å². The monoisotopic (exact) mass is 266 g/mol. The van der Waals surface area contributed by atoms with Crippen LogP contribution < -0.4 is 10.9 Å². The quantitative estimate of drug-likeness (QED) is 0.819. The number of rotatable bonds is 2. The van der Waals surface area contributed by atoms with Gasteiger partial charge < -0.3 is 0 Å². The number of nitrogens with one attached hydrogen (secondary N) is 2. The molecule has 0 aromatic carbocycles. The summed E-state index contributed by atoms with van der Waals surface area (Å²) in [5.74, 6) is -0.602. The summed E-state index contributed by atoms with van der Waals surface area (Å²) in [5.41, 5.74) is 4.75. The molecule has 17 heavy (non-hydrogen) atoms. The Bertz CT molecular complexity index is 531. The Morgan fingerprint density at radius 2 is 1.76 bits per heavy atom. The maximum atomic E-state index is 11.6. The number of carbonyl (C=O) groups excluding carboxylic acids is 2. The van der Waals surface area contributed by atoms with Crippen LogP contribution in [0.4, 0.5) is 0 Å². The summed E-state index contributed by atoms with van der Waals surface area (Å²) in [7, 11) is 0. The van der Waals surface area contributed by atoms with Crippen molar-refractivity contribution in [1.82, 2.24) is 10.9 Å². The number of carbonyl (C=O) groups is 2. The minimum atomic E-state index is -0.304. The number of amides is 2. The molecule has 88 valence electrons. The van der Waals surface area contributed by atoms with Crippen LogP contribution in [-0.4, -0.2) is 11.8 Å². The van der Waals surface area contributed by atoms with E-state index in [1.54, 1.807) is 23.6 Å². The number of hydrogen-bond acceptors (Lipinski definition) is 4. The van der Waals surface area contributed by atoms with Crippen LogP contribution in [0.15, 0.2) is 29.6 Å². The van der Waals surface area contributed by atoms with Crippen LogP contribution in [0, 0.1) is 6.92 Å². The minimum Gasteiger partial charge on any atom is -0.266 e. The molecule has 6 heteroatoms. The molecule has 2 N–H and O–H groups in total. The Balaban J connectivity index is 1.91. The van der Waals surface area contributed by atoms with E-state index in [4.69, 9.17) is 0 Å². The highest BCUT2D eigenvalue weighted by molar-refractivity contribution is 7.14. The molecule has 2 heterocycles. The van der Waals surface area contributed by atoms with Crippen molar-refractivity contribution in [1.29, 1.82) is 0 Å². The third-order valence-corrected chi connectivity index (χ3v) is 3.87. The molecule has 0 fully saturated rings. The van der Waals surface area contributed by atoms with Gasteiger partial charge in [0.05, 0.1) is 9.75 Å². The lowest BCUT2D eigenvalue weighted by Gasteiger charge is -2.04. The fourth-order valence-corrected chi connectivity index (χ4v) is 2.58. The first-order valence-electron chi connectivity index (χ1n) is 4.87. The van der Waals surface area contributed by atoms with E-state index in [-0.39, 0.29) is 11.8 Å². The average Bonchev–Trinajstić information content (AvgIpc) is 2.95. The van der Waals surface area contributed by atoms with Gasteiger partial charge in [-0.15, -0.1) is 22.7 Å². The molecule has 2 rings (SSSR count). The van der Waals surface area contributed by atoms with Crippen LogP contribution in [0.2, 0.25) is 0 Å². The minimum absolute atomic E-state index is 0.298. The lowest BCUT2D eigenvalue weighted by atomic mass is 10.4. The smallest absolute Gasteiger partial charge is 0.266 e. The van der Waals surface area contributed by atoms with Gasteiger partial charge in [0.15, 0.2) is 0 Å². The Kier molecular flexibility index (Phi) is 3.55. The summed E-state index contributed by atoms with van der Waals surface area (Å²) < 4.78 is 0. The number of thiophene rings is 2. The molecule has 0 aliphatic carbocycles. The Morgan fingerprint density at radius 3 is 2.29 bits per heavy atom. The second kappa shape index (κ2) is 5.11. The summed E-state index contributed by atoms with van der Waals surface area (Å²) in [5, 5.41) is 1.80. The standard InChI is InChI=1S/C11H10N2O2S2/c1-7-4-5-9(17-7)11(15)13-12-10(14)8-3-2-6-16-8/h2-6H,1H3,(H,12,14)(H,13,15). The molecule has 0 saturated heterocycles. The molecule has 0 radical (unpaired) electrons. The Labute approximate surface area is 106 Å². The van der Waals surface area contributed by atoms with Gasteiger partial charge in [-0.2, -0.15) is 0 Å². The molecule has 0 aliphatic heterocycles. The molecule has 0 unspecified atom stereocenters. The lowest BCUT2D eigenvalue weighted by Crippen LogP contribution is -2.41. The van der Waals surface area contributed by atoms with E-state index in [1.165, 1.54) is 22.7 Å². The molecule has 2 aromatic heterocycles. The zero-order valence-electron chi connectivity index (χ0n) is 9.02. The number of hydrazine groups is 1. The normalized spacial score (nSPS) is 9.94. The zero-order chi connectivity index (χ0) is 12.3. The van der Waals surface area contributed by atoms with Gasteiger partial charge in [-0.25, -0.2) is 0 Å². The topological polar surface area (TPSA) is 58.2 Å². The average molecular weight is 266 g/mol. The molecule has 0 saturated carbocycles. The molecule has 0 bridgehead atoms. The summed E-state index contributed by atoms with van der Waals surface area (Å²) in [6, 6.07) is 7.07. The molecule has 2 amide bonds. The van der Waals surface area contributed by atoms with Crippen LogP contribution in [0.1, 0.15) is 24.2 Å². The van der Waals surface area contributed by atoms with E-state index in [0.29, 0.717) is 9.75 Å². The Morgan fingerprint density at radius 1 is 1.06 bits per heavy atom. The van der Waals surface area contributed by atoms with Crippen molar-refractivity contribution < 1.29 is 9.59 Å². The summed E-state index contributed by atoms with van der Waals surface area (Å²) >= 11 is 2.71. The van der Waals surface area contributed by atoms with Crippen LogP contribution in [0.3, 0.4) is 0 Å². The van der Waals surface area contributed by atoms with Gasteiger partial charge in [-0.3, -0.25) is 20.4 Å². The largest absolute Gasteiger partial charge is 0.279 e. The third kappa shape index (κ3) is 2.92. The van der Waals surface area contributed by atoms with Crippen molar-refractivity contribution >= 4 is 34.5 Å². The molecule has 4 nitrogen and oxygen atoms in total. The molecule has 0 spiro atoms. The van der Waals surface area contributed by atoms with Crippen molar-refractivity contribution in [2.45, 2.75) is 6.92 Å². The van der Waals surface area contributed by atoms with E-state index in [0.717, 1.165) is 4.88 Å². The molecule has 2 aromatic rings. The predicted octanol–water partition coefficient (Wildman–Crippen LogP) is 2.19. The predicted molar refractivity (Wildman–Crippen MR) is 68.3 cm³/mol. The van der Waals surface area contributed by atoms with Gasteiger partial charge in [-0.1, -0.05) is 6.07 Å². The molecular weight excluding hydrogens is 256 g/mol. The Hall–Kier alpha value is -1.66. The van der Waals surface area contributed by atoms with Gasteiger partial charge in [0.25, 0.3) is 11.8 Å². The molecule has 0 atom stereocenters. The maximum absolute atomic E-state index is 11.6. The van der Waals surface area contributed by atoms with Crippen molar-refractivity contribution in [3.8, 4) is 0 Å². The number of aryl methyl sites for hydroxylation is 1. The summed E-state index contributed by atoms with van der Waals surface area (Å²) in [4.78, 5) is 25.4. The van der Waals surface area contributed by atoms with Crippen molar-refractivity contribution in [3.63, 3.8) is 0 Å². The highest BCUT2D eigenvalue weighted by Crippen LogP contribution is 2.14. The van der Waals surface area contributed by atoms with E-state index < -0.39 is 0 Å². The highest BCUT2D eigenvalue weighted by Gasteiger charge is 2.10. The SMILES string of the molecule is Cc1ccc(C(=O)NNC(=O)c2cccs2)s1. The van der Waals surface area contributed by atoms with Crippen molar-refractivity contribution in [2.75, 3.05) is 0 Å². The first-order chi connectivity index (χ1) is 8.16. The van der Waals surface area contributed by atoms with E-state index >= 15 is 0 Å². The van der Waals surface area contributed by atoms with E-state index in [9.17, 15) is 9.59 Å². The summed E-state index contributed by atoms with van der Waals surface area (Å²) in [6.07, 6.45) is 0. The van der Waals surface area contributed by atoms with Crippen LogP contribution in [-0.2, 0) is 0 Å². The van der Waals surface area contributed by atoms with Gasteiger partial charge in [-0.05, 0) is 30.5 Å². The van der Waals surface area contributed by atoms with Crippen molar-refractivity contribution in [2.24, 2.45) is 0 Å². The van der Waals surface area contributed by atoms with Crippen LogP contribution in [0.25, 0.3) is 0 Å². The maximum Gasteiger partial charge on any atom is 0.279 e. The van der Waals surface area contributed by atoms with Crippen molar-refractivity contribution in [3.05, 3.63) is 44.3 Å². The van der Waals surface area contributed by atoms with E-state index in [2.05, 4.69) is 10.9 Å². The fourth-order valence-electron chi connectivity index (χ4n) is 1.20. The summed E-state index contributed by atoms with van der Waals surface area (Å²) in [6.45, 7) is 1.92. The zero-order valence-corrected chi connectivity index (χ0v) is 10.7. The second-order valence-corrected chi connectivity index (χ2v) is 5.53. The lowest BCUT2D eigenvalue weighted by molar-refractivity contribution is 0.0851. The molecule has 0 aliphatic rings. The van der Waals surface area contributed by atoms with Crippen LogP contribution in [0.5, 0.6) is 0 Å². The molecular formula is C11H10N2O2S2. The first-order valence-corrected chi connectivity index (χ1v) is 6.57. The first kappa shape index (κ1) is 11.8. The number of hydrogen-bond donors (Lipinski definition) is 2. The second-order valence-electron chi connectivity index (χ2n) is 3.30. The van der Waals surface area contributed by atoms with Gasteiger partial charge in [0.2, 0.25) is 0 Å². The van der Waals surface area contributed by atoms with Gasteiger partial charge >= 0.3 is 0 Å².